The summed E-state index contributed by atoms with van der Waals surface area (Å²) < 4.78 is 0. The summed E-state index contributed by atoms with van der Waals surface area (Å²) in [4.78, 5) is 27.1. The second kappa shape index (κ2) is 8.81. The number of rotatable bonds is 7. The highest BCUT2D eigenvalue weighted by atomic mass is 32.1. The zero-order valence-electron chi connectivity index (χ0n) is 14.4. The van der Waals surface area contributed by atoms with Crippen molar-refractivity contribution >= 4 is 34.4 Å². The Labute approximate surface area is 152 Å². The molecule has 1 amide bonds. The largest absolute Gasteiger partial charge is 0.372 e. The number of Topliss-reactive ketones (excluding diaryl/α,β-unsaturated/α-hetero) is 1. The molecule has 132 valence electrons. The van der Waals surface area contributed by atoms with Crippen LogP contribution >= 0.6 is 11.3 Å². The van der Waals surface area contributed by atoms with Gasteiger partial charge in [-0.2, -0.15) is 0 Å². The fourth-order valence-electron chi connectivity index (χ4n) is 3.10. The smallest absolute Gasteiger partial charge is 0.224 e. The Hall–Kier alpha value is -2.14. The second-order valence-electron chi connectivity index (χ2n) is 6.40. The maximum absolute atomic E-state index is 12.0. The van der Waals surface area contributed by atoms with Crippen molar-refractivity contribution in [3.63, 3.8) is 0 Å². The summed E-state index contributed by atoms with van der Waals surface area (Å²) in [6.45, 7) is 2.23. The summed E-state index contributed by atoms with van der Waals surface area (Å²) in [7, 11) is 0. The van der Waals surface area contributed by atoms with Gasteiger partial charge in [0.05, 0.1) is 4.88 Å². The van der Waals surface area contributed by atoms with E-state index < -0.39 is 0 Å². The van der Waals surface area contributed by atoms with Crippen molar-refractivity contribution in [2.45, 2.75) is 38.5 Å². The predicted octanol–water partition coefficient (Wildman–Crippen LogP) is 4.73. The number of piperidine rings is 1. The highest BCUT2D eigenvalue weighted by molar-refractivity contribution is 7.12. The van der Waals surface area contributed by atoms with Gasteiger partial charge in [-0.15, -0.1) is 11.3 Å². The van der Waals surface area contributed by atoms with E-state index in [0.29, 0.717) is 19.3 Å². The van der Waals surface area contributed by atoms with Crippen LogP contribution in [-0.2, 0) is 4.79 Å². The van der Waals surface area contributed by atoms with Crippen molar-refractivity contribution in [3.05, 3.63) is 46.7 Å². The predicted molar refractivity (Wildman–Crippen MR) is 104 cm³/mol. The number of hydrogen-bond acceptors (Lipinski definition) is 4. The molecule has 0 unspecified atom stereocenters. The van der Waals surface area contributed by atoms with E-state index in [1.165, 1.54) is 36.3 Å². The van der Waals surface area contributed by atoms with Crippen LogP contribution in [-0.4, -0.2) is 24.8 Å². The molecule has 0 bridgehead atoms. The van der Waals surface area contributed by atoms with Crippen molar-refractivity contribution in [1.82, 2.24) is 0 Å². The van der Waals surface area contributed by atoms with Gasteiger partial charge in [-0.1, -0.05) is 6.07 Å². The highest BCUT2D eigenvalue weighted by Crippen LogP contribution is 2.22. The van der Waals surface area contributed by atoms with E-state index >= 15 is 0 Å². The molecule has 1 saturated heterocycles. The third-order valence-electron chi connectivity index (χ3n) is 4.48. The molecule has 1 aliphatic rings. The second-order valence-corrected chi connectivity index (χ2v) is 7.34. The van der Waals surface area contributed by atoms with Crippen LogP contribution in [0.1, 0.15) is 48.2 Å². The molecule has 1 aromatic carbocycles. The maximum atomic E-state index is 12.0. The Morgan fingerprint density at radius 2 is 1.76 bits per heavy atom. The van der Waals surface area contributed by atoms with Gasteiger partial charge in [0, 0.05) is 37.3 Å². The summed E-state index contributed by atoms with van der Waals surface area (Å²) in [5.74, 6) is 0.0818. The minimum absolute atomic E-state index is 0.0373. The quantitative estimate of drug-likeness (QED) is 0.730. The summed E-state index contributed by atoms with van der Waals surface area (Å²) in [6, 6.07) is 11.8. The summed E-state index contributed by atoms with van der Waals surface area (Å²) in [5.41, 5.74) is 2.04. The fraction of sp³-hybridized carbons (Fsp3) is 0.400. The van der Waals surface area contributed by atoms with Crippen LogP contribution in [0.15, 0.2) is 41.8 Å². The van der Waals surface area contributed by atoms with Crippen LogP contribution < -0.4 is 10.2 Å². The average molecular weight is 356 g/mol. The number of ketones is 1. The van der Waals surface area contributed by atoms with Crippen molar-refractivity contribution < 1.29 is 9.59 Å². The van der Waals surface area contributed by atoms with E-state index in [1.807, 2.05) is 29.6 Å². The third-order valence-corrected chi connectivity index (χ3v) is 5.39. The van der Waals surface area contributed by atoms with Gasteiger partial charge in [0.1, 0.15) is 0 Å². The van der Waals surface area contributed by atoms with Crippen LogP contribution in [0.2, 0.25) is 0 Å². The lowest BCUT2D eigenvalue weighted by Gasteiger charge is -2.28. The molecule has 1 aromatic heterocycles. The van der Waals surface area contributed by atoms with E-state index in [0.717, 1.165) is 23.7 Å². The van der Waals surface area contributed by atoms with Gasteiger partial charge in [-0.25, -0.2) is 0 Å². The van der Waals surface area contributed by atoms with Crippen LogP contribution in [0.25, 0.3) is 0 Å². The van der Waals surface area contributed by atoms with Gasteiger partial charge >= 0.3 is 0 Å². The standard InChI is InChI=1S/C20H24N2O2S/c23-18(19-7-5-15-25-19)6-4-8-20(24)21-16-9-11-17(12-10-16)22-13-2-1-3-14-22/h5,7,9-12,15H,1-4,6,8,13-14H2,(H,21,24). The van der Waals surface area contributed by atoms with Gasteiger partial charge in [0.25, 0.3) is 0 Å². The van der Waals surface area contributed by atoms with E-state index in [-0.39, 0.29) is 11.7 Å². The van der Waals surface area contributed by atoms with E-state index in [2.05, 4.69) is 22.3 Å². The molecule has 0 radical (unpaired) electrons. The molecule has 1 N–H and O–H groups in total. The lowest BCUT2D eigenvalue weighted by Crippen LogP contribution is -2.29. The normalized spacial score (nSPS) is 14.3. The molecule has 1 aliphatic heterocycles. The first-order chi connectivity index (χ1) is 12.2. The Balaban J connectivity index is 1.42. The molecule has 0 atom stereocenters. The molecule has 5 heteroatoms. The van der Waals surface area contributed by atoms with Gasteiger partial charge in [-0.3, -0.25) is 9.59 Å². The number of carbonyl (C=O) groups excluding carboxylic acids is 2. The minimum atomic E-state index is -0.0373. The molecule has 0 aliphatic carbocycles. The monoisotopic (exact) mass is 356 g/mol. The number of anilines is 2. The third kappa shape index (κ3) is 5.16. The fourth-order valence-corrected chi connectivity index (χ4v) is 3.80. The van der Waals surface area contributed by atoms with Gasteiger partial charge in [0.15, 0.2) is 5.78 Å². The first-order valence-corrected chi connectivity index (χ1v) is 9.82. The molecule has 4 nitrogen and oxygen atoms in total. The van der Waals surface area contributed by atoms with Crippen molar-refractivity contribution in [1.29, 1.82) is 0 Å². The number of thiophene rings is 1. The molecule has 0 spiro atoms. The molecular weight excluding hydrogens is 332 g/mol. The van der Waals surface area contributed by atoms with Gasteiger partial charge < -0.3 is 10.2 Å². The number of nitrogens with one attached hydrogen (secondary N) is 1. The van der Waals surface area contributed by atoms with E-state index in [1.54, 1.807) is 0 Å². The Kier molecular flexibility index (Phi) is 6.23. The number of hydrogen-bond donors (Lipinski definition) is 1. The van der Waals surface area contributed by atoms with Crippen LogP contribution in [0, 0.1) is 0 Å². The number of carbonyl (C=O) groups is 2. The van der Waals surface area contributed by atoms with E-state index in [4.69, 9.17) is 0 Å². The number of amides is 1. The first kappa shape index (κ1) is 17.7. The lowest BCUT2D eigenvalue weighted by atomic mass is 10.1. The van der Waals surface area contributed by atoms with Gasteiger partial charge in [-0.05, 0) is 61.4 Å². The molecule has 2 heterocycles. The van der Waals surface area contributed by atoms with Crippen molar-refractivity contribution in [3.8, 4) is 0 Å². The van der Waals surface area contributed by atoms with Gasteiger partial charge in [0.2, 0.25) is 5.91 Å². The molecule has 3 rings (SSSR count). The average Bonchev–Trinajstić information content (AvgIpc) is 3.18. The Morgan fingerprint density at radius 3 is 2.44 bits per heavy atom. The lowest BCUT2D eigenvalue weighted by molar-refractivity contribution is -0.116. The van der Waals surface area contributed by atoms with Crippen LogP contribution in [0.3, 0.4) is 0 Å². The molecular formula is C20H24N2O2S. The number of benzene rings is 1. The van der Waals surface area contributed by atoms with Crippen LogP contribution in [0.4, 0.5) is 11.4 Å². The Bertz CT molecular complexity index is 689. The van der Waals surface area contributed by atoms with E-state index in [9.17, 15) is 9.59 Å². The molecule has 1 fully saturated rings. The first-order valence-electron chi connectivity index (χ1n) is 8.94. The highest BCUT2D eigenvalue weighted by Gasteiger charge is 2.11. The Morgan fingerprint density at radius 1 is 1.00 bits per heavy atom. The van der Waals surface area contributed by atoms with Crippen molar-refractivity contribution in [2.24, 2.45) is 0 Å². The van der Waals surface area contributed by atoms with Crippen molar-refractivity contribution in [2.75, 3.05) is 23.3 Å². The topological polar surface area (TPSA) is 49.4 Å². The molecule has 0 saturated carbocycles. The van der Waals surface area contributed by atoms with Crippen LogP contribution in [0.5, 0.6) is 0 Å². The molecule has 2 aromatic rings. The maximum Gasteiger partial charge on any atom is 0.224 e. The summed E-state index contributed by atoms with van der Waals surface area (Å²) in [6.07, 6.45) is 5.19. The number of nitrogens with zero attached hydrogens (tertiary/aromatic N) is 1. The molecule has 25 heavy (non-hydrogen) atoms. The summed E-state index contributed by atoms with van der Waals surface area (Å²) in [5, 5.41) is 4.81. The zero-order chi connectivity index (χ0) is 17.5. The zero-order valence-corrected chi connectivity index (χ0v) is 15.2. The summed E-state index contributed by atoms with van der Waals surface area (Å²) >= 11 is 1.45. The minimum Gasteiger partial charge on any atom is -0.372 e. The SMILES string of the molecule is O=C(CCCC(=O)c1cccs1)Nc1ccc(N2CCCCC2)cc1.